The van der Waals surface area contributed by atoms with Gasteiger partial charge in [0.15, 0.2) is 0 Å². The fourth-order valence-corrected chi connectivity index (χ4v) is 2.36. The van der Waals surface area contributed by atoms with E-state index in [9.17, 15) is 9.59 Å². The molecule has 1 aliphatic heterocycles. The molecule has 0 aromatic carbocycles. The van der Waals surface area contributed by atoms with Gasteiger partial charge in [-0.25, -0.2) is 4.79 Å². The Balaban J connectivity index is 1.83. The van der Waals surface area contributed by atoms with Crippen LogP contribution in [0.4, 0.5) is 4.79 Å². The number of amides is 2. The lowest BCUT2D eigenvalue weighted by Gasteiger charge is -2.33. The maximum atomic E-state index is 11.9. The quantitative estimate of drug-likeness (QED) is 0.784. The summed E-state index contributed by atoms with van der Waals surface area (Å²) < 4.78 is 0. The predicted octanol–water partition coefficient (Wildman–Crippen LogP) is 1.44. The summed E-state index contributed by atoms with van der Waals surface area (Å²) in [5.74, 6) is -0.788. The Kier molecular flexibility index (Phi) is 3.26. The van der Waals surface area contributed by atoms with Crippen molar-refractivity contribution in [1.82, 2.24) is 10.2 Å². The lowest BCUT2D eigenvalue weighted by molar-refractivity contribution is -0.143. The molecule has 17 heavy (non-hydrogen) atoms. The molecule has 0 bridgehead atoms. The zero-order chi connectivity index (χ0) is 12.5. The summed E-state index contributed by atoms with van der Waals surface area (Å²) in [7, 11) is 0. The Hall–Kier alpha value is -1.26. The summed E-state index contributed by atoms with van der Waals surface area (Å²) in [4.78, 5) is 24.7. The minimum atomic E-state index is -0.788. The van der Waals surface area contributed by atoms with Gasteiger partial charge in [0.1, 0.15) is 0 Å². The van der Waals surface area contributed by atoms with Crippen LogP contribution in [-0.2, 0) is 4.79 Å². The van der Waals surface area contributed by atoms with E-state index in [2.05, 4.69) is 5.32 Å². The van der Waals surface area contributed by atoms with Crippen molar-refractivity contribution < 1.29 is 14.7 Å². The van der Waals surface area contributed by atoms with Gasteiger partial charge in [-0.2, -0.15) is 0 Å². The van der Waals surface area contributed by atoms with Crippen molar-refractivity contribution in [2.75, 3.05) is 13.1 Å². The number of piperidine rings is 1. The molecule has 0 radical (unpaired) electrons. The first kappa shape index (κ1) is 12.2. The predicted molar refractivity (Wildman–Crippen MR) is 62.7 cm³/mol. The summed E-state index contributed by atoms with van der Waals surface area (Å²) in [5, 5.41) is 11.8. The Morgan fingerprint density at radius 2 is 2.12 bits per heavy atom. The molecule has 1 aliphatic carbocycles. The van der Waals surface area contributed by atoms with E-state index in [1.54, 1.807) is 0 Å². The van der Waals surface area contributed by atoms with Crippen LogP contribution in [0.5, 0.6) is 0 Å². The lowest BCUT2D eigenvalue weighted by Crippen LogP contribution is -2.49. The Labute approximate surface area is 101 Å². The van der Waals surface area contributed by atoms with Gasteiger partial charge in [0.05, 0.1) is 5.41 Å². The molecule has 2 N–H and O–H groups in total. The van der Waals surface area contributed by atoms with Crippen LogP contribution in [0, 0.1) is 5.41 Å². The molecule has 0 aromatic rings. The van der Waals surface area contributed by atoms with Gasteiger partial charge < -0.3 is 15.3 Å². The molecule has 1 saturated heterocycles. The van der Waals surface area contributed by atoms with Crippen LogP contribution in [0.1, 0.15) is 39.0 Å². The Morgan fingerprint density at radius 3 is 2.65 bits per heavy atom. The maximum Gasteiger partial charge on any atom is 0.317 e. The first-order valence-electron chi connectivity index (χ1n) is 6.33. The molecule has 2 amide bonds. The summed E-state index contributed by atoms with van der Waals surface area (Å²) >= 11 is 0. The Bertz CT molecular complexity index is 326. The highest BCUT2D eigenvalue weighted by atomic mass is 16.4. The smallest absolute Gasteiger partial charge is 0.317 e. The molecule has 96 valence electrons. The van der Waals surface area contributed by atoms with Crippen molar-refractivity contribution in [2.24, 2.45) is 5.41 Å². The minimum absolute atomic E-state index is 0.107. The third-order valence-corrected chi connectivity index (χ3v) is 3.95. The largest absolute Gasteiger partial charge is 0.481 e. The SMILES string of the molecule is CC1CCCCN1C(=O)NCC1(C(=O)O)CC1. The molecule has 0 spiro atoms. The number of carbonyl (C=O) groups is 2. The molecular weight excluding hydrogens is 220 g/mol. The van der Waals surface area contributed by atoms with Gasteiger partial charge in [-0.3, -0.25) is 4.79 Å². The van der Waals surface area contributed by atoms with Crippen LogP contribution in [0.3, 0.4) is 0 Å². The van der Waals surface area contributed by atoms with Crippen LogP contribution in [-0.4, -0.2) is 41.1 Å². The average molecular weight is 240 g/mol. The second kappa shape index (κ2) is 4.55. The summed E-state index contributed by atoms with van der Waals surface area (Å²) in [5.41, 5.74) is -0.672. The summed E-state index contributed by atoms with van der Waals surface area (Å²) in [6.45, 7) is 3.10. The highest BCUT2D eigenvalue weighted by Crippen LogP contribution is 2.45. The fraction of sp³-hybridized carbons (Fsp3) is 0.833. The molecule has 1 heterocycles. The van der Waals surface area contributed by atoms with Crippen molar-refractivity contribution in [3.63, 3.8) is 0 Å². The van der Waals surface area contributed by atoms with Crippen molar-refractivity contribution in [3.05, 3.63) is 0 Å². The molecule has 2 fully saturated rings. The number of carbonyl (C=O) groups excluding carboxylic acids is 1. The maximum absolute atomic E-state index is 11.9. The fourth-order valence-electron chi connectivity index (χ4n) is 2.36. The van der Waals surface area contributed by atoms with E-state index in [0.29, 0.717) is 12.8 Å². The van der Waals surface area contributed by atoms with Crippen LogP contribution in [0.2, 0.25) is 0 Å². The molecule has 1 unspecified atom stereocenters. The Morgan fingerprint density at radius 1 is 1.41 bits per heavy atom. The second-order valence-corrected chi connectivity index (χ2v) is 5.28. The molecule has 5 heteroatoms. The number of nitrogens with one attached hydrogen (secondary N) is 1. The molecule has 2 aliphatic rings. The average Bonchev–Trinajstić information content (AvgIpc) is 3.07. The number of hydrogen-bond donors (Lipinski definition) is 2. The van der Waals surface area contributed by atoms with Crippen molar-refractivity contribution in [3.8, 4) is 0 Å². The van der Waals surface area contributed by atoms with Crippen molar-refractivity contribution >= 4 is 12.0 Å². The van der Waals surface area contributed by atoms with Gasteiger partial charge in [-0.1, -0.05) is 0 Å². The van der Waals surface area contributed by atoms with Gasteiger partial charge in [-0.05, 0) is 39.0 Å². The van der Waals surface area contributed by atoms with Gasteiger partial charge in [0.25, 0.3) is 0 Å². The number of likely N-dealkylation sites (tertiary alicyclic amines) is 1. The van der Waals surface area contributed by atoms with Crippen LogP contribution < -0.4 is 5.32 Å². The van der Waals surface area contributed by atoms with E-state index in [-0.39, 0.29) is 18.6 Å². The number of hydrogen-bond acceptors (Lipinski definition) is 2. The van der Waals surface area contributed by atoms with Crippen molar-refractivity contribution in [2.45, 2.75) is 45.1 Å². The molecule has 1 saturated carbocycles. The summed E-state index contributed by atoms with van der Waals surface area (Å²) in [6.07, 6.45) is 4.61. The number of urea groups is 1. The zero-order valence-corrected chi connectivity index (χ0v) is 10.2. The molecule has 1 atom stereocenters. The van der Waals surface area contributed by atoms with E-state index in [4.69, 9.17) is 5.11 Å². The van der Waals surface area contributed by atoms with Gasteiger partial charge >= 0.3 is 12.0 Å². The number of aliphatic carboxylic acids is 1. The number of rotatable bonds is 3. The third-order valence-electron chi connectivity index (χ3n) is 3.95. The van der Waals surface area contributed by atoms with Gasteiger partial charge in [-0.15, -0.1) is 0 Å². The zero-order valence-electron chi connectivity index (χ0n) is 10.2. The highest BCUT2D eigenvalue weighted by Gasteiger charge is 2.50. The topological polar surface area (TPSA) is 69.6 Å². The molecule has 5 nitrogen and oxygen atoms in total. The summed E-state index contributed by atoms with van der Waals surface area (Å²) in [6, 6.07) is 0.161. The highest BCUT2D eigenvalue weighted by molar-refractivity contribution is 5.80. The number of nitrogens with zero attached hydrogens (tertiary/aromatic N) is 1. The van der Waals surface area contributed by atoms with Crippen molar-refractivity contribution in [1.29, 1.82) is 0 Å². The monoisotopic (exact) mass is 240 g/mol. The first-order chi connectivity index (χ1) is 8.05. The number of carboxylic acids is 1. The third kappa shape index (κ3) is 2.53. The minimum Gasteiger partial charge on any atom is -0.481 e. The standard InChI is InChI=1S/C12H20N2O3/c1-9-4-2-3-7-14(9)11(17)13-8-12(5-6-12)10(15)16/h9H,2-8H2,1H3,(H,13,17)(H,15,16). The van der Waals surface area contributed by atoms with E-state index in [1.807, 2.05) is 11.8 Å². The first-order valence-corrected chi connectivity index (χ1v) is 6.33. The second-order valence-electron chi connectivity index (χ2n) is 5.28. The van der Waals surface area contributed by atoms with E-state index in [1.165, 1.54) is 6.42 Å². The van der Waals surface area contributed by atoms with Crippen LogP contribution >= 0.6 is 0 Å². The molecule has 0 aromatic heterocycles. The lowest BCUT2D eigenvalue weighted by atomic mass is 10.0. The molecule has 2 rings (SSSR count). The van der Waals surface area contributed by atoms with Crippen LogP contribution in [0.25, 0.3) is 0 Å². The van der Waals surface area contributed by atoms with Gasteiger partial charge in [0, 0.05) is 19.1 Å². The van der Waals surface area contributed by atoms with Gasteiger partial charge in [0.2, 0.25) is 0 Å². The van der Waals surface area contributed by atoms with E-state index < -0.39 is 11.4 Å². The number of carboxylic acid groups (broad SMARTS) is 1. The van der Waals surface area contributed by atoms with E-state index >= 15 is 0 Å². The normalized spacial score (nSPS) is 26.4. The van der Waals surface area contributed by atoms with Crippen LogP contribution in [0.15, 0.2) is 0 Å². The van der Waals surface area contributed by atoms with E-state index in [0.717, 1.165) is 19.4 Å². The molecular formula is C12H20N2O3.